The highest BCUT2D eigenvalue weighted by Crippen LogP contribution is 2.41. The number of aliphatic hydroxyl groups is 6. The minimum atomic E-state index is -1.97. The molecular weight excluding hydrogens is 770 g/mol. The van der Waals surface area contributed by atoms with Crippen molar-refractivity contribution in [3.63, 3.8) is 0 Å². The van der Waals surface area contributed by atoms with Gasteiger partial charge in [0.25, 0.3) is 0 Å². The van der Waals surface area contributed by atoms with Crippen molar-refractivity contribution in [3.05, 3.63) is 0 Å². The lowest BCUT2D eigenvalue weighted by molar-refractivity contribution is -0.318. The largest absolute Gasteiger partial charge is 0.459 e. The van der Waals surface area contributed by atoms with Gasteiger partial charge >= 0.3 is 5.97 Å². The van der Waals surface area contributed by atoms with Crippen molar-refractivity contribution in [2.24, 2.45) is 23.7 Å². The Morgan fingerprint density at radius 3 is 2.10 bits per heavy atom. The summed E-state index contributed by atoms with van der Waals surface area (Å²) in [6.07, 6.45) is -12.0. The number of likely N-dealkylation sites (N-methyl/N-ethyl adjacent to an activating group) is 2. The minimum absolute atomic E-state index is 0.0539. The van der Waals surface area contributed by atoms with Gasteiger partial charge in [-0.25, -0.2) is 0 Å². The van der Waals surface area contributed by atoms with E-state index in [2.05, 4.69) is 5.32 Å². The standard InChI is InChI=1S/C42H79N3O14/c1-15-29-42(10,53)35(49)24(4)32(47)22(2)19-40(8,52)37(59-39-33(48)28(18-23(3)55-39)45(13)30(46)21-43-16-17-44(11)12)25(5)34(26(6)38(51)57-29)58-31-20-41(9,54-14)36(50)27(7)56-31/h22-29,31-37,39,43,47-50,52-53H,15-21H2,1-14H3/t22-,23-,24+,25+,26-,27+,28+,29-,31+,32+,33-,34+,35-,36+,37-,39+,40?,41-,42-/m1/s1. The maximum absolute atomic E-state index is 14.2. The third-order valence-corrected chi connectivity index (χ3v) is 13.3. The van der Waals surface area contributed by atoms with E-state index in [1.807, 2.05) is 19.0 Å². The summed E-state index contributed by atoms with van der Waals surface area (Å²) in [6, 6.07) is -0.719. The molecule has 0 aromatic carbocycles. The summed E-state index contributed by atoms with van der Waals surface area (Å²) in [5.41, 5.74) is -4.88. The van der Waals surface area contributed by atoms with Crippen LogP contribution < -0.4 is 5.32 Å². The van der Waals surface area contributed by atoms with Gasteiger partial charge in [-0.15, -0.1) is 0 Å². The average Bonchev–Trinajstić information content (AvgIpc) is 3.16. The number of nitrogens with zero attached hydrogens (tertiary/aromatic N) is 2. The molecule has 0 saturated carbocycles. The molecule has 19 atom stereocenters. The lowest BCUT2D eigenvalue weighted by Gasteiger charge is -2.49. The Balaban J connectivity index is 2.12. The molecule has 0 aromatic rings. The molecule has 0 aliphatic carbocycles. The number of cyclic esters (lactones) is 1. The first-order valence-corrected chi connectivity index (χ1v) is 21.4. The zero-order valence-electron chi connectivity index (χ0n) is 38.0. The number of hydrogen-bond acceptors (Lipinski definition) is 16. The van der Waals surface area contributed by atoms with Gasteiger partial charge < -0.3 is 74.2 Å². The minimum Gasteiger partial charge on any atom is -0.459 e. The van der Waals surface area contributed by atoms with Crippen LogP contribution in [0, 0.1) is 23.7 Å². The summed E-state index contributed by atoms with van der Waals surface area (Å²) in [5, 5.41) is 73.4. The van der Waals surface area contributed by atoms with E-state index in [0.29, 0.717) is 13.0 Å². The summed E-state index contributed by atoms with van der Waals surface area (Å²) < 4.78 is 37.4. The molecule has 0 aromatic heterocycles. The number of rotatable bonds is 12. The van der Waals surface area contributed by atoms with Gasteiger partial charge in [0.05, 0.1) is 66.3 Å². The van der Waals surface area contributed by atoms with Crippen LogP contribution in [0.3, 0.4) is 0 Å². The van der Waals surface area contributed by atoms with Gasteiger partial charge in [-0.2, -0.15) is 0 Å². The van der Waals surface area contributed by atoms with Crippen LogP contribution in [0.2, 0.25) is 0 Å². The second-order valence-electron chi connectivity index (χ2n) is 18.7. The van der Waals surface area contributed by atoms with Crippen LogP contribution in [0.4, 0.5) is 0 Å². The zero-order valence-corrected chi connectivity index (χ0v) is 38.0. The summed E-state index contributed by atoms with van der Waals surface area (Å²) in [7, 11) is 6.97. The Labute approximate surface area is 352 Å². The molecule has 1 amide bonds. The summed E-state index contributed by atoms with van der Waals surface area (Å²) in [4.78, 5) is 31.1. The molecule has 0 radical (unpaired) electrons. The normalized spacial score (nSPS) is 45.7. The number of carbonyl (C=O) groups is 2. The number of nitrogens with one attached hydrogen (secondary N) is 1. The van der Waals surface area contributed by atoms with E-state index in [-0.39, 0.29) is 31.7 Å². The van der Waals surface area contributed by atoms with E-state index in [1.54, 1.807) is 62.4 Å². The Morgan fingerprint density at radius 2 is 1.53 bits per heavy atom. The number of esters is 1. The van der Waals surface area contributed by atoms with Crippen molar-refractivity contribution in [2.45, 2.75) is 185 Å². The molecule has 0 bridgehead atoms. The molecule has 3 fully saturated rings. The first-order valence-electron chi connectivity index (χ1n) is 21.4. The van der Waals surface area contributed by atoms with Crippen molar-refractivity contribution >= 4 is 11.9 Å². The van der Waals surface area contributed by atoms with Crippen LogP contribution in [0.1, 0.15) is 94.9 Å². The molecule has 59 heavy (non-hydrogen) atoms. The quantitative estimate of drug-likeness (QED) is 0.106. The average molecular weight is 850 g/mol. The number of ether oxygens (including phenoxy) is 6. The summed E-state index contributed by atoms with van der Waals surface area (Å²) >= 11 is 0. The van der Waals surface area contributed by atoms with Gasteiger partial charge in [0.1, 0.15) is 23.9 Å². The van der Waals surface area contributed by atoms with Crippen LogP contribution in [0.25, 0.3) is 0 Å². The van der Waals surface area contributed by atoms with Gasteiger partial charge in [0.2, 0.25) is 5.91 Å². The molecule has 0 spiro atoms. The first kappa shape index (κ1) is 51.8. The van der Waals surface area contributed by atoms with Crippen LogP contribution in [-0.4, -0.2) is 191 Å². The van der Waals surface area contributed by atoms with Gasteiger partial charge in [0.15, 0.2) is 12.6 Å². The molecular formula is C42H79N3O14. The van der Waals surface area contributed by atoms with E-state index < -0.39 is 120 Å². The second-order valence-corrected chi connectivity index (χ2v) is 18.7. The fraction of sp³-hybridized carbons (Fsp3) is 0.952. The van der Waals surface area contributed by atoms with Gasteiger partial charge in [0, 0.05) is 45.5 Å². The maximum Gasteiger partial charge on any atom is 0.311 e. The highest BCUT2D eigenvalue weighted by atomic mass is 16.7. The second kappa shape index (κ2) is 21.2. The van der Waals surface area contributed by atoms with Crippen molar-refractivity contribution in [2.75, 3.05) is 47.9 Å². The number of carbonyl (C=O) groups excluding carboxylic acids is 2. The molecule has 1 unspecified atom stereocenters. The maximum atomic E-state index is 14.2. The number of aliphatic hydroxyl groups excluding tert-OH is 4. The van der Waals surface area contributed by atoms with E-state index in [9.17, 15) is 40.2 Å². The Bertz CT molecular complexity index is 1340. The summed E-state index contributed by atoms with van der Waals surface area (Å²) in [6.45, 7) is 17.8. The monoisotopic (exact) mass is 850 g/mol. The lowest BCUT2D eigenvalue weighted by Crippen LogP contribution is -2.62. The molecule has 3 saturated heterocycles. The van der Waals surface area contributed by atoms with Crippen molar-refractivity contribution in [1.29, 1.82) is 0 Å². The summed E-state index contributed by atoms with van der Waals surface area (Å²) in [5.74, 6) is -4.65. The topological polar surface area (TPSA) is 229 Å². The Hall–Kier alpha value is -1.58. The van der Waals surface area contributed by atoms with E-state index >= 15 is 0 Å². The van der Waals surface area contributed by atoms with E-state index in [1.165, 1.54) is 25.9 Å². The fourth-order valence-electron chi connectivity index (χ4n) is 9.27. The van der Waals surface area contributed by atoms with Gasteiger partial charge in [-0.1, -0.05) is 27.7 Å². The molecule has 17 nitrogen and oxygen atoms in total. The predicted molar refractivity (Wildman–Crippen MR) is 218 cm³/mol. The molecule has 3 heterocycles. The van der Waals surface area contributed by atoms with Crippen LogP contribution in [0.5, 0.6) is 0 Å². The molecule has 17 heteroatoms. The van der Waals surface area contributed by atoms with Crippen LogP contribution >= 0.6 is 0 Å². The van der Waals surface area contributed by atoms with Gasteiger partial charge in [-0.05, 0) is 80.8 Å². The Morgan fingerprint density at radius 1 is 0.898 bits per heavy atom. The fourth-order valence-corrected chi connectivity index (χ4v) is 9.27. The van der Waals surface area contributed by atoms with Crippen molar-refractivity contribution in [3.8, 4) is 0 Å². The number of amides is 1. The number of hydrogen-bond donors (Lipinski definition) is 7. The smallest absolute Gasteiger partial charge is 0.311 e. The third kappa shape index (κ3) is 12.3. The Kier molecular flexibility index (Phi) is 18.6. The van der Waals surface area contributed by atoms with E-state index in [0.717, 1.165) is 6.54 Å². The van der Waals surface area contributed by atoms with Crippen LogP contribution in [-0.2, 0) is 38.0 Å². The number of methoxy groups -OCH3 is 1. The molecule has 3 aliphatic heterocycles. The molecule has 3 rings (SSSR count). The van der Waals surface area contributed by atoms with Crippen LogP contribution in [0.15, 0.2) is 0 Å². The molecule has 3 aliphatic rings. The zero-order chi connectivity index (χ0) is 44.9. The molecule has 7 N–H and O–H groups in total. The third-order valence-electron chi connectivity index (χ3n) is 13.3. The van der Waals surface area contributed by atoms with Crippen molar-refractivity contribution < 1.29 is 68.6 Å². The first-order chi connectivity index (χ1) is 27.2. The highest BCUT2D eigenvalue weighted by Gasteiger charge is 2.53. The SMILES string of the molecule is CC[C@H]1OC(=O)[C@H](C)[C@@H](O[C@H]2C[C@@](C)(OC)[C@@H](O)[C@H](C)O2)[C@H](C)[C@@H](O[C@@H]2O[C@H](C)C[C@H](N(C)C(=O)CNCCN(C)C)[C@H]2O)C(C)(O)C[C@@H](C)[C@H](O)[C@H](C)[C@@H](O)[C@]1(C)O. The highest BCUT2D eigenvalue weighted by molar-refractivity contribution is 5.78. The lowest BCUT2D eigenvalue weighted by atomic mass is 9.73. The molecule has 346 valence electrons. The predicted octanol–water partition coefficient (Wildman–Crippen LogP) is 0.625. The van der Waals surface area contributed by atoms with E-state index in [4.69, 9.17) is 28.4 Å². The van der Waals surface area contributed by atoms with Gasteiger partial charge in [-0.3, -0.25) is 9.59 Å². The van der Waals surface area contributed by atoms with Crippen molar-refractivity contribution in [1.82, 2.24) is 15.1 Å².